The molecule has 0 saturated carbocycles. The van der Waals surface area contributed by atoms with Gasteiger partial charge in [-0.1, -0.05) is 82.9 Å². The number of hydrogen-bond donors (Lipinski definition) is 6. The minimum Gasteiger partial charge on any atom is -0.395 e. The van der Waals surface area contributed by atoms with E-state index in [0.717, 1.165) is 12.8 Å². The molecule has 6 N–H and O–H groups in total. The number of hydrogen-bond acceptors (Lipinski definition) is 11. The van der Waals surface area contributed by atoms with E-state index in [-0.39, 0.29) is 51.1 Å². The van der Waals surface area contributed by atoms with Gasteiger partial charge in [0.15, 0.2) is 0 Å². The summed E-state index contributed by atoms with van der Waals surface area (Å²) in [5.74, 6) is 0. The lowest BCUT2D eigenvalue weighted by Gasteiger charge is -2.17. The van der Waals surface area contributed by atoms with Gasteiger partial charge in [0.1, 0.15) is 0 Å². The molecule has 0 heterocycles. The summed E-state index contributed by atoms with van der Waals surface area (Å²) in [4.78, 5) is 3.82. The van der Waals surface area contributed by atoms with Crippen molar-refractivity contribution >= 4 is 10.1 Å². The Morgan fingerprint density at radius 1 is 0.548 bits per heavy atom. The molecule has 1 aromatic rings. The van der Waals surface area contributed by atoms with E-state index in [1.165, 1.54) is 51.4 Å². The summed E-state index contributed by atoms with van der Waals surface area (Å²) < 4.78 is 28.8. The van der Waals surface area contributed by atoms with Gasteiger partial charge in [-0.15, -0.1) is 0 Å². The highest BCUT2D eigenvalue weighted by Gasteiger charge is 2.13. The first-order chi connectivity index (χ1) is 20.4. The molecule has 0 unspecified atom stereocenters. The zero-order chi connectivity index (χ0) is 31.7. The third kappa shape index (κ3) is 27.6. The van der Waals surface area contributed by atoms with Crippen molar-refractivity contribution in [2.24, 2.45) is 0 Å². The Balaban J connectivity index is 0. The number of nitrogens with zero attached hydrogens (tertiary/aromatic N) is 2. The number of unbranched alkanes of at least 4 members (excludes halogenated alkanes) is 9. The molecule has 0 aliphatic rings. The van der Waals surface area contributed by atoms with Gasteiger partial charge in [0, 0.05) is 39.3 Å². The van der Waals surface area contributed by atoms with Gasteiger partial charge in [0.2, 0.25) is 0 Å². The molecule has 11 nitrogen and oxygen atoms in total. The number of rotatable bonds is 25. The highest BCUT2D eigenvalue weighted by Crippen LogP contribution is 2.13. The molecule has 0 aliphatic heterocycles. The SMILES string of the molecule is CCCCCCCCCCCCOS(=O)(=O)c1ccccc1.OCCN(CCO)CCO.OCCN(CCO)CCO. The molecule has 250 valence electrons. The van der Waals surface area contributed by atoms with Crippen LogP contribution in [-0.4, -0.2) is 134 Å². The maximum atomic E-state index is 11.9. The molecule has 0 radical (unpaired) electrons. The standard InChI is InChI=1S/C18H30O3S.2C6H15NO3/c1-2-3-4-5-6-7-8-9-10-14-17-21-22(19,20)18-15-12-11-13-16-18;2*8-4-1-7(2-5-9)3-6-10/h11-13,15-16H,2-10,14,17H2,1H3;2*8-10H,1-6H2. The lowest BCUT2D eigenvalue weighted by Crippen LogP contribution is -2.32. The van der Waals surface area contributed by atoms with Crippen molar-refractivity contribution in [3.8, 4) is 0 Å². The Kier molecular flexibility index (Phi) is 33.5. The van der Waals surface area contributed by atoms with Crippen molar-refractivity contribution in [1.82, 2.24) is 9.80 Å². The first-order valence-corrected chi connectivity index (χ1v) is 16.8. The monoisotopic (exact) mass is 624 g/mol. The van der Waals surface area contributed by atoms with Crippen LogP contribution >= 0.6 is 0 Å². The molecule has 1 rings (SSSR count). The van der Waals surface area contributed by atoms with Gasteiger partial charge < -0.3 is 30.6 Å². The zero-order valence-electron chi connectivity index (χ0n) is 25.9. The molecule has 1 aromatic carbocycles. The second-order valence-electron chi connectivity index (χ2n) is 9.80. The van der Waals surface area contributed by atoms with Crippen molar-refractivity contribution in [2.75, 3.05) is 85.5 Å². The Labute approximate surface area is 254 Å². The minimum atomic E-state index is -3.57. The highest BCUT2D eigenvalue weighted by atomic mass is 32.2. The van der Waals surface area contributed by atoms with E-state index in [4.69, 9.17) is 34.8 Å². The van der Waals surface area contributed by atoms with Gasteiger partial charge in [0.05, 0.1) is 51.1 Å². The van der Waals surface area contributed by atoms with Crippen molar-refractivity contribution < 1.29 is 43.2 Å². The summed E-state index contributed by atoms with van der Waals surface area (Å²) in [6.45, 7) is 6.03. The first kappa shape index (κ1) is 42.9. The predicted molar refractivity (Wildman–Crippen MR) is 167 cm³/mol. The van der Waals surface area contributed by atoms with Gasteiger partial charge in [-0.05, 0) is 18.6 Å². The molecule has 12 heteroatoms. The van der Waals surface area contributed by atoms with Gasteiger partial charge in [-0.25, -0.2) is 0 Å². The van der Waals surface area contributed by atoms with Crippen LogP contribution in [0.1, 0.15) is 71.1 Å². The van der Waals surface area contributed by atoms with Gasteiger partial charge >= 0.3 is 0 Å². The molecule has 0 spiro atoms. The maximum Gasteiger partial charge on any atom is 0.296 e. The predicted octanol–water partition coefficient (Wildman–Crippen LogP) is 1.84. The molecule has 0 aliphatic carbocycles. The molecular formula is C30H60N2O9S. The lowest BCUT2D eigenvalue weighted by molar-refractivity contribution is 0.136. The lowest BCUT2D eigenvalue weighted by atomic mass is 10.1. The van der Waals surface area contributed by atoms with Crippen molar-refractivity contribution in [2.45, 2.75) is 76.0 Å². The average Bonchev–Trinajstić information content (AvgIpc) is 2.98. The molecule has 0 aromatic heterocycles. The molecule has 0 fully saturated rings. The summed E-state index contributed by atoms with van der Waals surface area (Å²) in [7, 11) is -3.57. The maximum absolute atomic E-state index is 11.9. The van der Waals surface area contributed by atoms with Crippen LogP contribution in [-0.2, 0) is 14.3 Å². The topological polar surface area (TPSA) is 171 Å². The van der Waals surface area contributed by atoms with Gasteiger partial charge in [-0.2, -0.15) is 8.42 Å². The van der Waals surface area contributed by atoms with Crippen molar-refractivity contribution in [3.63, 3.8) is 0 Å². The molecular weight excluding hydrogens is 564 g/mol. The fraction of sp³-hybridized carbons (Fsp3) is 0.800. The molecule has 42 heavy (non-hydrogen) atoms. The van der Waals surface area contributed by atoms with Gasteiger partial charge in [0.25, 0.3) is 10.1 Å². The van der Waals surface area contributed by atoms with Crippen LogP contribution in [0.3, 0.4) is 0 Å². The quantitative estimate of drug-likeness (QED) is 0.0693. The van der Waals surface area contributed by atoms with E-state index in [9.17, 15) is 8.42 Å². The Bertz CT molecular complexity index is 712. The Morgan fingerprint density at radius 3 is 1.21 bits per heavy atom. The van der Waals surface area contributed by atoms with Crippen LogP contribution in [0.15, 0.2) is 35.2 Å². The summed E-state index contributed by atoms with van der Waals surface area (Å²) >= 11 is 0. The van der Waals surface area contributed by atoms with Crippen LogP contribution in [0.5, 0.6) is 0 Å². The van der Waals surface area contributed by atoms with Crippen LogP contribution in [0.2, 0.25) is 0 Å². The first-order valence-electron chi connectivity index (χ1n) is 15.4. The highest BCUT2D eigenvalue weighted by molar-refractivity contribution is 7.86. The van der Waals surface area contributed by atoms with Crippen LogP contribution < -0.4 is 0 Å². The van der Waals surface area contributed by atoms with Crippen molar-refractivity contribution in [3.05, 3.63) is 30.3 Å². The largest absolute Gasteiger partial charge is 0.395 e. The van der Waals surface area contributed by atoms with E-state index in [0.29, 0.717) is 39.3 Å². The van der Waals surface area contributed by atoms with E-state index in [1.54, 1.807) is 40.1 Å². The fourth-order valence-electron chi connectivity index (χ4n) is 3.93. The third-order valence-electron chi connectivity index (χ3n) is 6.27. The van der Waals surface area contributed by atoms with E-state index in [2.05, 4.69) is 6.92 Å². The second kappa shape index (κ2) is 32.7. The molecule has 0 amide bonds. The van der Waals surface area contributed by atoms with Crippen LogP contribution in [0.25, 0.3) is 0 Å². The number of benzene rings is 1. The normalized spacial score (nSPS) is 11.3. The third-order valence-corrected chi connectivity index (χ3v) is 7.59. The smallest absolute Gasteiger partial charge is 0.296 e. The van der Waals surface area contributed by atoms with Crippen LogP contribution in [0, 0.1) is 0 Å². The fourth-order valence-corrected chi connectivity index (χ4v) is 4.90. The summed E-state index contributed by atoms with van der Waals surface area (Å²) in [5.41, 5.74) is 0. The number of aliphatic hydroxyl groups is 6. The van der Waals surface area contributed by atoms with Crippen LogP contribution in [0.4, 0.5) is 0 Å². The zero-order valence-corrected chi connectivity index (χ0v) is 26.7. The minimum absolute atomic E-state index is 0.0694. The summed E-state index contributed by atoms with van der Waals surface area (Å²) in [6.07, 6.45) is 12.3. The summed E-state index contributed by atoms with van der Waals surface area (Å²) in [6, 6.07) is 8.33. The number of aliphatic hydroxyl groups excluding tert-OH is 6. The Morgan fingerprint density at radius 2 is 0.881 bits per heavy atom. The Hall–Kier alpha value is -1.19. The molecule has 0 saturated heterocycles. The van der Waals surface area contributed by atoms with E-state index < -0.39 is 10.1 Å². The molecule has 0 bridgehead atoms. The average molecular weight is 625 g/mol. The van der Waals surface area contributed by atoms with Crippen molar-refractivity contribution in [1.29, 1.82) is 0 Å². The molecule has 0 atom stereocenters. The second-order valence-corrected chi connectivity index (χ2v) is 11.4. The van der Waals surface area contributed by atoms with Gasteiger partial charge in [-0.3, -0.25) is 14.0 Å². The summed E-state index contributed by atoms with van der Waals surface area (Å²) in [5, 5.41) is 50.9. The van der Waals surface area contributed by atoms with E-state index in [1.807, 2.05) is 0 Å². The van der Waals surface area contributed by atoms with E-state index >= 15 is 0 Å².